The van der Waals surface area contributed by atoms with E-state index in [1.165, 1.54) is 25.8 Å². The molecule has 2 rings (SSSR count). The van der Waals surface area contributed by atoms with E-state index in [2.05, 4.69) is 22.1 Å². The molecule has 1 aliphatic rings. The third-order valence-corrected chi connectivity index (χ3v) is 4.20. The third kappa shape index (κ3) is 4.43. The predicted octanol–water partition coefficient (Wildman–Crippen LogP) is 1.97. The van der Waals surface area contributed by atoms with E-state index in [-0.39, 0.29) is 5.91 Å². The minimum atomic E-state index is -0.0843. The number of likely N-dealkylation sites (tertiary alicyclic amines) is 1. The summed E-state index contributed by atoms with van der Waals surface area (Å²) in [5.74, 6) is -0.0843. The van der Waals surface area contributed by atoms with Gasteiger partial charge in [-0.05, 0) is 45.7 Å². The molecular weight excluding hydrogens is 264 g/mol. The first-order chi connectivity index (χ1) is 10.1. The SMILES string of the molecule is Cc1ncc(N)cc1C(=O)NCCCN1CCCCC1C. The lowest BCUT2D eigenvalue weighted by molar-refractivity contribution is 0.0948. The minimum Gasteiger partial charge on any atom is -0.397 e. The Bertz CT molecular complexity index is 489. The third-order valence-electron chi connectivity index (χ3n) is 4.20. The van der Waals surface area contributed by atoms with Crippen molar-refractivity contribution >= 4 is 11.6 Å². The van der Waals surface area contributed by atoms with Crippen LogP contribution in [0, 0.1) is 6.92 Å². The summed E-state index contributed by atoms with van der Waals surface area (Å²) in [7, 11) is 0. The lowest BCUT2D eigenvalue weighted by Gasteiger charge is -2.33. The highest BCUT2D eigenvalue weighted by atomic mass is 16.1. The van der Waals surface area contributed by atoms with Crippen molar-refractivity contribution in [3.8, 4) is 0 Å². The molecule has 0 spiro atoms. The highest BCUT2D eigenvalue weighted by Gasteiger charge is 2.17. The number of hydrogen-bond acceptors (Lipinski definition) is 4. The highest BCUT2D eigenvalue weighted by Crippen LogP contribution is 2.16. The molecule has 1 amide bonds. The van der Waals surface area contributed by atoms with Crippen LogP contribution in [0.25, 0.3) is 0 Å². The molecular formula is C16H26N4O. The van der Waals surface area contributed by atoms with Crippen molar-refractivity contribution < 1.29 is 4.79 Å². The Balaban J connectivity index is 1.75. The first-order valence-corrected chi connectivity index (χ1v) is 7.82. The Morgan fingerprint density at radius 2 is 2.33 bits per heavy atom. The normalized spacial score (nSPS) is 19.4. The fourth-order valence-electron chi connectivity index (χ4n) is 2.85. The lowest BCUT2D eigenvalue weighted by atomic mass is 10.0. The van der Waals surface area contributed by atoms with Gasteiger partial charge < -0.3 is 16.0 Å². The first kappa shape index (κ1) is 15.8. The van der Waals surface area contributed by atoms with E-state index >= 15 is 0 Å². The molecule has 1 saturated heterocycles. The van der Waals surface area contributed by atoms with Gasteiger partial charge in [0.2, 0.25) is 0 Å². The Kier molecular flexibility index (Phi) is 5.56. The van der Waals surface area contributed by atoms with Crippen LogP contribution < -0.4 is 11.1 Å². The van der Waals surface area contributed by atoms with E-state index in [1.807, 2.05) is 6.92 Å². The standard InChI is InChI=1S/C16H26N4O/c1-12-6-3-4-8-20(12)9-5-7-18-16(21)15-10-14(17)11-19-13(15)2/h10-12H,3-9,17H2,1-2H3,(H,18,21). The van der Waals surface area contributed by atoms with Crippen molar-refractivity contribution in [3.63, 3.8) is 0 Å². The van der Waals surface area contributed by atoms with Crippen molar-refractivity contribution in [2.75, 3.05) is 25.4 Å². The number of amides is 1. The summed E-state index contributed by atoms with van der Waals surface area (Å²) in [6.07, 6.45) is 6.48. The Labute approximate surface area is 126 Å². The second kappa shape index (κ2) is 7.41. The number of carbonyl (C=O) groups excluding carboxylic acids is 1. The van der Waals surface area contributed by atoms with Gasteiger partial charge in [0.05, 0.1) is 23.1 Å². The van der Waals surface area contributed by atoms with Gasteiger partial charge in [0.1, 0.15) is 0 Å². The molecule has 1 fully saturated rings. The van der Waals surface area contributed by atoms with Gasteiger partial charge in [0.25, 0.3) is 5.91 Å². The second-order valence-electron chi connectivity index (χ2n) is 5.89. The quantitative estimate of drug-likeness (QED) is 0.813. The number of pyridine rings is 1. The Morgan fingerprint density at radius 1 is 1.52 bits per heavy atom. The summed E-state index contributed by atoms with van der Waals surface area (Å²) in [4.78, 5) is 18.7. The molecule has 1 aromatic heterocycles. The van der Waals surface area contributed by atoms with Crippen molar-refractivity contribution in [2.45, 2.75) is 45.6 Å². The van der Waals surface area contributed by atoms with Crippen LogP contribution in [0.1, 0.15) is 48.7 Å². The molecule has 1 unspecified atom stereocenters. The number of nitrogens with two attached hydrogens (primary N) is 1. The molecule has 1 aromatic rings. The van der Waals surface area contributed by atoms with Crippen LogP contribution in [0.15, 0.2) is 12.3 Å². The van der Waals surface area contributed by atoms with Crippen LogP contribution >= 0.6 is 0 Å². The average molecular weight is 290 g/mol. The molecule has 2 heterocycles. The molecule has 0 radical (unpaired) electrons. The van der Waals surface area contributed by atoms with Crippen LogP contribution in [0.4, 0.5) is 5.69 Å². The average Bonchev–Trinajstić information content (AvgIpc) is 2.47. The largest absolute Gasteiger partial charge is 0.397 e. The van der Waals surface area contributed by atoms with Gasteiger partial charge in [-0.25, -0.2) is 0 Å². The van der Waals surface area contributed by atoms with Gasteiger partial charge in [-0.1, -0.05) is 6.42 Å². The zero-order valence-corrected chi connectivity index (χ0v) is 13.1. The number of nitrogens with one attached hydrogen (secondary N) is 1. The summed E-state index contributed by atoms with van der Waals surface area (Å²) >= 11 is 0. The van der Waals surface area contributed by atoms with Crippen LogP contribution in [-0.2, 0) is 0 Å². The number of aromatic nitrogens is 1. The van der Waals surface area contributed by atoms with Crippen LogP contribution in [0.2, 0.25) is 0 Å². The van der Waals surface area contributed by atoms with Gasteiger partial charge in [-0.2, -0.15) is 0 Å². The first-order valence-electron chi connectivity index (χ1n) is 7.82. The molecule has 5 nitrogen and oxygen atoms in total. The molecule has 3 N–H and O–H groups in total. The summed E-state index contributed by atoms with van der Waals surface area (Å²) in [5, 5.41) is 2.96. The van der Waals surface area contributed by atoms with Crippen LogP contribution in [0.5, 0.6) is 0 Å². The number of aryl methyl sites for hydroxylation is 1. The second-order valence-corrected chi connectivity index (χ2v) is 5.89. The molecule has 21 heavy (non-hydrogen) atoms. The summed E-state index contributed by atoms with van der Waals surface area (Å²) in [6.45, 7) is 7.04. The number of rotatable bonds is 5. The van der Waals surface area contributed by atoms with Gasteiger partial charge in [0.15, 0.2) is 0 Å². The number of anilines is 1. The van der Waals surface area contributed by atoms with Gasteiger partial charge >= 0.3 is 0 Å². The van der Waals surface area contributed by atoms with E-state index in [4.69, 9.17) is 5.73 Å². The van der Waals surface area contributed by atoms with Crippen LogP contribution in [-0.4, -0.2) is 41.5 Å². The van der Waals surface area contributed by atoms with E-state index in [0.717, 1.165) is 13.0 Å². The predicted molar refractivity (Wildman–Crippen MR) is 85.2 cm³/mol. The van der Waals surface area contributed by atoms with Crippen molar-refractivity contribution in [1.82, 2.24) is 15.2 Å². The molecule has 0 saturated carbocycles. The van der Waals surface area contributed by atoms with Crippen molar-refractivity contribution in [1.29, 1.82) is 0 Å². The van der Waals surface area contributed by atoms with Gasteiger partial charge in [0, 0.05) is 19.1 Å². The van der Waals surface area contributed by atoms with E-state index in [1.54, 1.807) is 12.3 Å². The zero-order chi connectivity index (χ0) is 15.2. The molecule has 5 heteroatoms. The maximum absolute atomic E-state index is 12.1. The van der Waals surface area contributed by atoms with E-state index < -0.39 is 0 Å². The molecule has 0 bridgehead atoms. The van der Waals surface area contributed by atoms with E-state index in [9.17, 15) is 4.79 Å². The molecule has 116 valence electrons. The number of piperidine rings is 1. The summed E-state index contributed by atoms with van der Waals surface area (Å²) < 4.78 is 0. The maximum atomic E-state index is 12.1. The number of nitrogens with zero attached hydrogens (tertiary/aromatic N) is 2. The fraction of sp³-hybridized carbons (Fsp3) is 0.625. The number of nitrogen functional groups attached to an aromatic ring is 1. The van der Waals surface area contributed by atoms with Gasteiger partial charge in [-0.15, -0.1) is 0 Å². The molecule has 0 aromatic carbocycles. The maximum Gasteiger partial charge on any atom is 0.253 e. The van der Waals surface area contributed by atoms with Crippen molar-refractivity contribution in [2.24, 2.45) is 0 Å². The number of hydrogen-bond donors (Lipinski definition) is 2. The zero-order valence-electron chi connectivity index (χ0n) is 13.1. The highest BCUT2D eigenvalue weighted by molar-refractivity contribution is 5.95. The summed E-state index contributed by atoms with van der Waals surface area (Å²) in [6, 6.07) is 2.36. The fourth-order valence-corrected chi connectivity index (χ4v) is 2.85. The monoisotopic (exact) mass is 290 g/mol. The molecule has 0 aliphatic carbocycles. The number of carbonyl (C=O) groups is 1. The van der Waals surface area contributed by atoms with Crippen LogP contribution in [0.3, 0.4) is 0 Å². The smallest absolute Gasteiger partial charge is 0.253 e. The molecule has 1 atom stereocenters. The lowest BCUT2D eigenvalue weighted by Crippen LogP contribution is -2.39. The minimum absolute atomic E-state index is 0.0843. The van der Waals surface area contributed by atoms with Crippen molar-refractivity contribution in [3.05, 3.63) is 23.5 Å². The summed E-state index contributed by atoms with van der Waals surface area (Å²) in [5.41, 5.74) is 7.49. The van der Waals surface area contributed by atoms with E-state index in [0.29, 0.717) is 29.5 Å². The molecule has 1 aliphatic heterocycles. The van der Waals surface area contributed by atoms with Gasteiger partial charge in [-0.3, -0.25) is 9.78 Å². The topological polar surface area (TPSA) is 71.2 Å². The Hall–Kier alpha value is -1.62. The Morgan fingerprint density at radius 3 is 3.10 bits per heavy atom.